The summed E-state index contributed by atoms with van der Waals surface area (Å²) in [7, 11) is 0. The van der Waals surface area contributed by atoms with E-state index in [9.17, 15) is 0 Å². The van der Waals surface area contributed by atoms with E-state index in [0.29, 0.717) is 27.4 Å². The third-order valence-electron chi connectivity index (χ3n) is 2.55. The second-order valence-corrected chi connectivity index (χ2v) is 4.58. The van der Waals surface area contributed by atoms with E-state index >= 15 is 0 Å². The Morgan fingerprint density at radius 1 is 1.22 bits per heavy atom. The molecule has 0 aliphatic rings. The van der Waals surface area contributed by atoms with Gasteiger partial charge in [0, 0.05) is 17.5 Å². The summed E-state index contributed by atoms with van der Waals surface area (Å²) in [6.45, 7) is 3.75. The van der Waals surface area contributed by atoms with E-state index < -0.39 is 0 Å². The van der Waals surface area contributed by atoms with Crippen molar-refractivity contribution in [2.45, 2.75) is 13.8 Å². The fourth-order valence-electron chi connectivity index (χ4n) is 1.45. The van der Waals surface area contributed by atoms with Crippen LogP contribution >= 0.6 is 23.2 Å². The van der Waals surface area contributed by atoms with E-state index in [0.717, 1.165) is 11.3 Å². The highest BCUT2D eigenvalue weighted by atomic mass is 35.5. The predicted molar refractivity (Wildman–Crippen MR) is 72.6 cm³/mol. The first kappa shape index (κ1) is 13.0. The van der Waals surface area contributed by atoms with Crippen LogP contribution < -0.4 is 11.3 Å². The molecule has 0 aliphatic carbocycles. The molecule has 2 heterocycles. The van der Waals surface area contributed by atoms with Gasteiger partial charge < -0.3 is 5.43 Å². The quantitative estimate of drug-likeness (QED) is 0.655. The number of nitrogen functional groups attached to an aromatic ring is 1. The molecule has 0 aromatic carbocycles. The van der Waals surface area contributed by atoms with Gasteiger partial charge in [0.25, 0.3) is 0 Å². The Morgan fingerprint density at radius 2 is 1.94 bits per heavy atom. The Morgan fingerprint density at radius 3 is 2.56 bits per heavy atom. The molecule has 0 saturated heterocycles. The summed E-state index contributed by atoms with van der Waals surface area (Å²) >= 11 is 11.9. The van der Waals surface area contributed by atoms with Crippen LogP contribution in [0.1, 0.15) is 11.3 Å². The van der Waals surface area contributed by atoms with Crippen molar-refractivity contribution in [2.75, 3.05) is 5.43 Å². The number of nitrogens with one attached hydrogen (secondary N) is 1. The highest BCUT2D eigenvalue weighted by Crippen LogP contribution is 2.27. The summed E-state index contributed by atoms with van der Waals surface area (Å²) in [4.78, 5) is 12.8. The Labute approximate surface area is 114 Å². The zero-order chi connectivity index (χ0) is 13.3. The number of nitrogens with zero attached hydrogens (tertiary/aromatic N) is 3. The van der Waals surface area contributed by atoms with Crippen LogP contribution in [0.5, 0.6) is 0 Å². The average molecular weight is 284 g/mol. The molecule has 0 amide bonds. The molecule has 0 radical (unpaired) electrons. The minimum absolute atomic E-state index is 0.397. The van der Waals surface area contributed by atoms with Crippen molar-refractivity contribution in [2.24, 2.45) is 5.84 Å². The Hall–Kier alpha value is -1.43. The van der Waals surface area contributed by atoms with Gasteiger partial charge in [0.15, 0.2) is 5.82 Å². The number of rotatable bonds is 2. The fourth-order valence-corrected chi connectivity index (χ4v) is 1.92. The summed E-state index contributed by atoms with van der Waals surface area (Å²) in [6, 6.07) is 1.60. The normalized spacial score (nSPS) is 10.5. The second kappa shape index (κ2) is 5.06. The Balaban J connectivity index is 2.60. The molecular weight excluding hydrogens is 273 g/mol. The first-order valence-corrected chi connectivity index (χ1v) is 5.91. The third kappa shape index (κ3) is 2.38. The van der Waals surface area contributed by atoms with Crippen molar-refractivity contribution in [1.82, 2.24) is 15.0 Å². The molecule has 18 heavy (non-hydrogen) atoms. The van der Waals surface area contributed by atoms with E-state index in [-0.39, 0.29) is 0 Å². The molecule has 0 atom stereocenters. The van der Waals surface area contributed by atoms with Crippen LogP contribution in [-0.4, -0.2) is 15.0 Å². The Bertz CT molecular complexity index is 600. The first-order valence-electron chi connectivity index (χ1n) is 5.16. The molecule has 0 spiro atoms. The molecule has 0 saturated carbocycles. The topological polar surface area (TPSA) is 76.7 Å². The number of pyridine rings is 1. The first-order chi connectivity index (χ1) is 8.52. The van der Waals surface area contributed by atoms with Crippen LogP contribution in [0.3, 0.4) is 0 Å². The lowest BCUT2D eigenvalue weighted by molar-refractivity contribution is 1.04. The van der Waals surface area contributed by atoms with Crippen molar-refractivity contribution < 1.29 is 0 Å². The predicted octanol–water partition coefficient (Wildman–Crippen LogP) is 2.75. The zero-order valence-corrected chi connectivity index (χ0v) is 11.3. The molecule has 2 aromatic rings. The maximum absolute atomic E-state index is 6.07. The van der Waals surface area contributed by atoms with E-state index in [1.165, 1.54) is 6.20 Å². The molecular formula is C11H11Cl2N5. The Kier molecular flexibility index (Phi) is 3.65. The lowest BCUT2D eigenvalue weighted by atomic mass is 10.2. The summed E-state index contributed by atoms with van der Waals surface area (Å²) in [6.07, 6.45) is 1.50. The third-order valence-corrected chi connectivity index (χ3v) is 3.04. The maximum atomic E-state index is 6.07. The highest BCUT2D eigenvalue weighted by molar-refractivity contribution is 6.35. The number of hydrazine groups is 1. The van der Waals surface area contributed by atoms with Gasteiger partial charge >= 0.3 is 0 Å². The molecule has 5 nitrogen and oxygen atoms in total. The van der Waals surface area contributed by atoms with Gasteiger partial charge in [-0.3, -0.25) is 0 Å². The summed E-state index contributed by atoms with van der Waals surface area (Å²) < 4.78 is 0. The molecule has 0 unspecified atom stereocenters. The van der Waals surface area contributed by atoms with Crippen molar-refractivity contribution >= 4 is 29.0 Å². The lowest BCUT2D eigenvalue weighted by Gasteiger charge is -2.09. The number of nitrogens with two attached hydrogens (primary N) is 1. The van der Waals surface area contributed by atoms with Crippen LogP contribution in [-0.2, 0) is 0 Å². The number of anilines is 1. The monoisotopic (exact) mass is 283 g/mol. The molecule has 3 N–H and O–H groups in total. The van der Waals surface area contributed by atoms with Gasteiger partial charge in [-0.05, 0) is 19.9 Å². The van der Waals surface area contributed by atoms with Gasteiger partial charge in [-0.25, -0.2) is 20.8 Å². The maximum Gasteiger partial charge on any atom is 0.182 e. The van der Waals surface area contributed by atoms with Crippen molar-refractivity contribution in [3.8, 4) is 11.5 Å². The largest absolute Gasteiger partial charge is 0.308 e. The molecule has 7 heteroatoms. The lowest BCUT2D eigenvalue weighted by Crippen LogP contribution is -2.12. The smallest absolute Gasteiger partial charge is 0.182 e. The number of halogens is 2. The zero-order valence-electron chi connectivity index (χ0n) is 9.83. The summed E-state index contributed by atoms with van der Waals surface area (Å²) in [5.41, 5.74) is 4.69. The minimum atomic E-state index is 0.397. The van der Waals surface area contributed by atoms with Crippen molar-refractivity contribution in [1.29, 1.82) is 0 Å². The summed E-state index contributed by atoms with van der Waals surface area (Å²) in [5.74, 6) is 6.37. The van der Waals surface area contributed by atoms with Gasteiger partial charge in [-0.15, -0.1) is 0 Å². The fraction of sp³-hybridized carbons (Fsp3) is 0.182. The highest BCUT2D eigenvalue weighted by Gasteiger charge is 2.13. The number of hydrogen-bond acceptors (Lipinski definition) is 5. The molecule has 0 bridgehead atoms. The number of aromatic nitrogens is 3. The average Bonchev–Trinajstić information content (AvgIpc) is 2.32. The molecule has 2 rings (SSSR count). The van der Waals surface area contributed by atoms with E-state index in [2.05, 4.69) is 20.4 Å². The number of aryl methyl sites for hydroxylation is 1. The second-order valence-electron chi connectivity index (χ2n) is 3.73. The van der Waals surface area contributed by atoms with Crippen LogP contribution in [0.15, 0.2) is 12.3 Å². The molecule has 0 aliphatic heterocycles. The summed E-state index contributed by atoms with van der Waals surface area (Å²) in [5, 5.41) is 0.860. The van der Waals surface area contributed by atoms with Crippen LogP contribution in [0.4, 0.5) is 5.82 Å². The molecule has 0 fully saturated rings. The van der Waals surface area contributed by atoms with Crippen LogP contribution in [0.2, 0.25) is 10.0 Å². The standard InChI is InChI=1S/C11H11Cl2N5/c1-5-6(2)16-11(17-10(5)18-14)9-8(13)3-7(12)4-15-9/h3-4H,14H2,1-2H3,(H,16,17,18). The van der Waals surface area contributed by atoms with Crippen molar-refractivity contribution in [3.63, 3.8) is 0 Å². The van der Waals surface area contributed by atoms with Gasteiger partial charge in [-0.1, -0.05) is 23.2 Å². The van der Waals surface area contributed by atoms with Gasteiger partial charge in [-0.2, -0.15) is 0 Å². The number of hydrogen-bond donors (Lipinski definition) is 2. The SMILES string of the molecule is Cc1nc(-c2ncc(Cl)cc2Cl)nc(NN)c1C. The van der Waals surface area contributed by atoms with Crippen LogP contribution in [0.25, 0.3) is 11.5 Å². The van der Waals surface area contributed by atoms with Gasteiger partial charge in [0.05, 0.1) is 10.0 Å². The van der Waals surface area contributed by atoms with Gasteiger partial charge in [0.1, 0.15) is 11.5 Å². The van der Waals surface area contributed by atoms with Crippen molar-refractivity contribution in [3.05, 3.63) is 33.6 Å². The van der Waals surface area contributed by atoms with E-state index in [4.69, 9.17) is 29.0 Å². The molecule has 94 valence electrons. The van der Waals surface area contributed by atoms with Gasteiger partial charge in [0.2, 0.25) is 0 Å². The van der Waals surface area contributed by atoms with E-state index in [1.807, 2.05) is 13.8 Å². The van der Waals surface area contributed by atoms with Crippen LogP contribution in [0, 0.1) is 13.8 Å². The van der Waals surface area contributed by atoms with E-state index in [1.54, 1.807) is 6.07 Å². The minimum Gasteiger partial charge on any atom is -0.308 e. The molecule has 2 aromatic heterocycles.